The molecule has 0 radical (unpaired) electrons. The lowest BCUT2D eigenvalue weighted by atomic mass is 9.74. The van der Waals surface area contributed by atoms with Crippen molar-refractivity contribution < 1.29 is 14.8 Å². The van der Waals surface area contributed by atoms with Crippen molar-refractivity contribution in [3.8, 4) is 0 Å². The van der Waals surface area contributed by atoms with Gasteiger partial charge in [0.1, 0.15) is 0 Å². The third-order valence-corrected chi connectivity index (χ3v) is 3.98. The maximum absolute atomic E-state index is 10.4. The third kappa shape index (κ3) is 5.72. The SMILES string of the molecule is CN(C)Cc1ccc(Cl)cc1B(O)OC(C)(C)C(C)(C)O.Cl. The van der Waals surface area contributed by atoms with E-state index in [0.29, 0.717) is 17.0 Å². The Morgan fingerprint density at radius 2 is 1.77 bits per heavy atom. The Morgan fingerprint density at radius 3 is 2.23 bits per heavy atom. The fourth-order valence-corrected chi connectivity index (χ4v) is 1.95. The molecule has 0 amide bonds. The van der Waals surface area contributed by atoms with Gasteiger partial charge >= 0.3 is 7.12 Å². The van der Waals surface area contributed by atoms with E-state index in [2.05, 4.69) is 0 Å². The van der Waals surface area contributed by atoms with E-state index in [1.807, 2.05) is 25.1 Å². The average Bonchev–Trinajstić information content (AvgIpc) is 2.28. The summed E-state index contributed by atoms with van der Waals surface area (Å²) < 4.78 is 5.69. The highest BCUT2D eigenvalue weighted by Crippen LogP contribution is 2.25. The first-order chi connectivity index (χ1) is 9.44. The van der Waals surface area contributed by atoms with E-state index in [9.17, 15) is 10.1 Å². The smallest absolute Gasteiger partial charge is 0.423 e. The molecule has 0 aliphatic heterocycles. The van der Waals surface area contributed by atoms with E-state index < -0.39 is 18.3 Å². The largest absolute Gasteiger partial charge is 0.492 e. The first kappa shape index (κ1) is 21.7. The predicted molar refractivity (Wildman–Crippen MR) is 95.2 cm³/mol. The summed E-state index contributed by atoms with van der Waals surface area (Å²) in [4.78, 5) is 2.00. The zero-order valence-electron chi connectivity index (χ0n) is 14.1. The van der Waals surface area contributed by atoms with Crippen molar-refractivity contribution in [1.82, 2.24) is 4.90 Å². The normalized spacial score (nSPS) is 12.3. The Morgan fingerprint density at radius 1 is 1.23 bits per heavy atom. The lowest BCUT2D eigenvalue weighted by Gasteiger charge is -2.38. The van der Waals surface area contributed by atoms with Crippen LogP contribution in [0.5, 0.6) is 0 Å². The number of hydrogen-bond acceptors (Lipinski definition) is 4. The van der Waals surface area contributed by atoms with Crippen LogP contribution in [0.1, 0.15) is 33.3 Å². The molecule has 0 spiro atoms. The van der Waals surface area contributed by atoms with Crippen molar-refractivity contribution in [2.45, 2.75) is 45.4 Å². The Labute approximate surface area is 145 Å². The number of halogens is 2. The molecule has 0 saturated carbocycles. The van der Waals surface area contributed by atoms with E-state index in [0.717, 1.165) is 5.56 Å². The highest BCUT2D eigenvalue weighted by atomic mass is 35.5. The van der Waals surface area contributed by atoms with Gasteiger partial charge in [-0.2, -0.15) is 0 Å². The number of aliphatic hydroxyl groups is 1. The molecule has 0 saturated heterocycles. The zero-order chi connectivity index (χ0) is 16.4. The van der Waals surface area contributed by atoms with Crippen molar-refractivity contribution in [2.24, 2.45) is 0 Å². The van der Waals surface area contributed by atoms with Crippen LogP contribution in [-0.2, 0) is 11.2 Å². The fourth-order valence-electron chi connectivity index (χ4n) is 1.77. The molecule has 0 aliphatic rings. The Balaban J connectivity index is 0.00000441. The summed E-state index contributed by atoms with van der Waals surface area (Å²) in [6.07, 6.45) is 0. The second-order valence-corrected chi connectivity index (χ2v) is 7.06. The molecule has 126 valence electrons. The number of benzene rings is 1. The van der Waals surface area contributed by atoms with Crippen LogP contribution in [0.2, 0.25) is 5.02 Å². The third-order valence-electron chi connectivity index (χ3n) is 3.74. The summed E-state index contributed by atoms with van der Waals surface area (Å²) in [5.74, 6) is 0. The van der Waals surface area contributed by atoms with Gasteiger partial charge in [0, 0.05) is 11.6 Å². The van der Waals surface area contributed by atoms with E-state index in [1.165, 1.54) is 0 Å². The molecule has 2 N–H and O–H groups in total. The Bertz CT molecular complexity index is 490. The minimum absolute atomic E-state index is 0. The number of rotatable bonds is 6. The molecule has 22 heavy (non-hydrogen) atoms. The van der Waals surface area contributed by atoms with Crippen molar-refractivity contribution in [3.63, 3.8) is 0 Å². The van der Waals surface area contributed by atoms with Crippen LogP contribution in [0.15, 0.2) is 18.2 Å². The van der Waals surface area contributed by atoms with E-state index in [1.54, 1.807) is 39.8 Å². The standard InChI is InChI=1S/C15H25BClNO3.ClH/c1-14(2,19)15(3,4)21-16(20)13-9-12(17)8-7-11(13)10-18(5)6;/h7-9,19-20H,10H2,1-6H3;1H. The van der Waals surface area contributed by atoms with Gasteiger partial charge in [0.25, 0.3) is 0 Å². The molecule has 0 heterocycles. The lowest BCUT2D eigenvalue weighted by molar-refractivity contribution is -0.0982. The molecule has 0 unspecified atom stereocenters. The summed E-state index contributed by atoms with van der Waals surface area (Å²) in [5, 5.41) is 21.1. The molecule has 7 heteroatoms. The quantitative estimate of drug-likeness (QED) is 0.772. The van der Waals surface area contributed by atoms with Crippen LogP contribution in [0.25, 0.3) is 0 Å². The maximum Gasteiger partial charge on any atom is 0.492 e. The molecule has 0 atom stereocenters. The van der Waals surface area contributed by atoms with Crippen LogP contribution in [0.3, 0.4) is 0 Å². The van der Waals surface area contributed by atoms with Crippen LogP contribution < -0.4 is 5.46 Å². The van der Waals surface area contributed by atoms with Crippen molar-refractivity contribution in [2.75, 3.05) is 14.1 Å². The molecule has 0 fully saturated rings. The minimum Gasteiger partial charge on any atom is -0.423 e. The summed E-state index contributed by atoms with van der Waals surface area (Å²) in [7, 11) is 2.75. The van der Waals surface area contributed by atoms with Gasteiger partial charge in [0.2, 0.25) is 0 Å². The van der Waals surface area contributed by atoms with Crippen LogP contribution >= 0.6 is 24.0 Å². The summed E-state index contributed by atoms with van der Waals surface area (Å²) in [5.41, 5.74) is -0.449. The highest BCUT2D eigenvalue weighted by molar-refractivity contribution is 6.61. The summed E-state index contributed by atoms with van der Waals surface area (Å²) in [6.45, 7) is 7.45. The first-order valence-corrected chi connectivity index (χ1v) is 7.33. The molecule has 0 aromatic heterocycles. The minimum atomic E-state index is -1.15. The molecule has 1 aromatic rings. The number of hydrogen-bond donors (Lipinski definition) is 2. The van der Waals surface area contributed by atoms with E-state index in [-0.39, 0.29) is 12.4 Å². The van der Waals surface area contributed by atoms with Gasteiger partial charge in [-0.1, -0.05) is 17.7 Å². The van der Waals surface area contributed by atoms with Crippen LogP contribution in [0.4, 0.5) is 0 Å². The van der Waals surface area contributed by atoms with Gasteiger partial charge in [-0.05, 0) is 64.9 Å². The Kier molecular flexibility index (Phi) is 7.89. The van der Waals surface area contributed by atoms with Gasteiger partial charge in [0.05, 0.1) is 11.2 Å². The van der Waals surface area contributed by atoms with Gasteiger partial charge in [-0.15, -0.1) is 12.4 Å². The molecular weight excluding hydrogens is 324 g/mol. The molecule has 0 bridgehead atoms. The molecule has 0 aliphatic carbocycles. The highest BCUT2D eigenvalue weighted by Gasteiger charge is 2.40. The topological polar surface area (TPSA) is 52.9 Å². The van der Waals surface area contributed by atoms with Gasteiger partial charge in [-0.25, -0.2) is 0 Å². The lowest BCUT2D eigenvalue weighted by Crippen LogP contribution is -2.53. The predicted octanol–water partition coefficient (Wildman–Crippen LogP) is 2.08. The van der Waals surface area contributed by atoms with Gasteiger partial charge < -0.3 is 19.7 Å². The van der Waals surface area contributed by atoms with Crippen LogP contribution in [-0.4, -0.2) is 47.4 Å². The molecule has 1 aromatic carbocycles. The molecular formula is C15H26BCl2NO3. The Hall–Kier alpha value is -0.295. The summed E-state index contributed by atoms with van der Waals surface area (Å²) >= 11 is 6.03. The molecule has 1 rings (SSSR count). The second kappa shape index (κ2) is 8.00. The van der Waals surface area contributed by atoms with Crippen molar-refractivity contribution in [1.29, 1.82) is 0 Å². The number of nitrogens with zero attached hydrogens (tertiary/aromatic N) is 1. The van der Waals surface area contributed by atoms with Crippen molar-refractivity contribution >= 4 is 36.6 Å². The second-order valence-electron chi connectivity index (χ2n) is 6.62. The average molecular weight is 350 g/mol. The van der Waals surface area contributed by atoms with E-state index >= 15 is 0 Å². The van der Waals surface area contributed by atoms with Crippen molar-refractivity contribution in [3.05, 3.63) is 28.8 Å². The van der Waals surface area contributed by atoms with E-state index in [4.69, 9.17) is 16.3 Å². The first-order valence-electron chi connectivity index (χ1n) is 6.95. The van der Waals surface area contributed by atoms with Gasteiger partial charge in [0.15, 0.2) is 0 Å². The fraction of sp³-hybridized carbons (Fsp3) is 0.600. The monoisotopic (exact) mass is 349 g/mol. The summed E-state index contributed by atoms with van der Waals surface area (Å²) in [6, 6.07) is 5.37. The van der Waals surface area contributed by atoms with Crippen LogP contribution in [0, 0.1) is 0 Å². The zero-order valence-corrected chi connectivity index (χ0v) is 15.6. The maximum atomic E-state index is 10.4. The molecule has 4 nitrogen and oxygen atoms in total. The van der Waals surface area contributed by atoms with Gasteiger partial charge in [-0.3, -0.25) is 0 Å².